The maximum atomic E-state index is 11.4. The summed E-state index contributed by atoms with van der Waals surface area (Å²) >= 11 is 3.42. The van der Waals surface area contributed by atoms with E-state index in [9.17, 15) is 9.59 Å². The van der Waals surface area contributed by atoms with Crippen LogP contribution in [-0.2, 0) is 23.8 Å². The van der Waals surface area contributed by atoms with Crippen LogP contribution in [0.3, 0.4) is 0 Å². The van der Waals surface area contributed by atoms with Crippen molar-refractivity contribution in [3.05, 3.63) is 0 Å². The van der Waals surface area contributed by atoms with Gasteiger partial charge in [0.05, 0.1) is 39.3 Å². The fraction of sp³-hybridized carbons (Fsp3) is 0.889. The van der Waals surface area contributed by atoms with Gasteiger partial charge in [-0.25, -0.2) is 0 Å². The first-order valence-corrected chi connectivity index (χ1v) is 11.6. The topological polar surface area (TPSA) is 61.8 Å². The second-order valence-corrected chi connectivity index (χ2v) is 7.93. The summed E-state index contributed by atoms with van der Waals surface area (Å²) in [4.78, 5) is 22.7. The summed E-state index contributed by atoms with van der Waals surface area (Å²) in [5, 5.41) is 0. The number of carbonyl (C=O) groups excluding carboxylic acids is 2. The lowest BCUT2D eigenvalue weighted by atomic mass is 10.4. The molecule has 0 fully saturated rings. The standard InChI is InChI=1S/C18H34O5S2/c1-3-5-9-22-17(19)7-13-24-15-11-21-12-16-25-14-8-18(20)23-10-6-4-2/h3-16H2,1-2H3. The highest BCUT2D eigenvalue weighted by molar-refractivity contribution is 7.99. The van der Waals surface area contributed by atoms with Gasteiger partial charge in [-0.1, -0.05) is 26.7 Å². The average molecular weight is 395 g/mol. The van der Waals surface area contributed by atoms with Crippen molar-refractivity contribution >= 4 is 35.5 Å². The highest BCUT2D eigenvalue weighted by Crippen LogP contribution is 2.06. The van der Waals surface area contributed by atoms with Crippen LogP contribution < -0.4 is 0 Å². The van der Waals surface area contributed by atoms with Crippen LogP contribution in [0, 0.1) is 0 Å². The molecule has 7 heteroatoms. The van der Waals surface area contributed by atoms with Gasteiger partial charge in [0.25, 0.3) is 0 Å². The maximum absolute atomic E-state index is 11.4. The summed E-state index contributed by atoms with van der Waals surface area (Å²) in [5.41, 5.74) is 0. The third-order valence-electron chi connectivity index (χ3n) is 3.17. The van der Waals surface area contributed by atoms with Gasteiger partial charge in [-0.3, -0.25) is 9.59 Å². The van der Waals surface area contributed by atoms with Crippen molar-refractivity contribution in [2.75, 3.05) is 49.4 Å². The quantitative estimate of drug-likeness (QED) is 0.258. The molecule has 0 saturated carbocycles. The van der Waals surface area contributed by atoms with Gasteiger partial charge in [-0.05, 0) is 12.8 Å². The molecule has 0 unspecified atom stereocenters. The van der Waals surface area contributed by atoms with Gasteiger partial charge in [-0.2, -0.15) is 23.5 Å². The van der Waals surface area contributed by atoms with E-state index in [4.69, 9.17) is 14.2 Å². The van der Waals surface area contributed by atoms with Crippen LogP contribution in [-0.4, -0.2) is 61.4 Å². The van der Waals surface area contributed by atoms with E-state index >= 15 is 0 Å². The Hall–Kier alpha value is -0.400. The van der Waals surface area contributed by atoms with Crippen molar-refractivity contribution in [1.82, 2.24) is 0 Å². The first kappa shape index (κ1) is 24.6. The molecule has 0 aromatic heterocycles. The molecule has 0 aliphatic carbocycles. The number of thioether (sulfide) groups is 2. The zero-order valence-electron chi connectivity index (χ0n) is 15.8. The van der Waals surface area contributed by atoms with Crippen LogP contribution in [0.2, 0.25) is 0 Å². The van der Waals surface area contributed by atoms with Crippen LogP contribution in [0.4, 0.5) is 0 Å². The molecule has 0 amide bonds. The molecule has 25 heavy (non-hydrogen) atoms. The number of unbranched alkanes of at least 4 members (excludes halogenated alkanes) is 2. The van der Waals surface area contributed by atoms with E-state index in [-0.39, 0.29) is 11.9 Å². The largest absolute Gasteiger partial charge is 0.466 e. The molecule has 0 radical (unpaired) electrons. The Bertz CT molecular complexity index is 297. The van der Waals surface area contributed by atoms with Crippen molar-refractivity contribution in [3.63, 3.8) is 0 Å². The van der Waals surface area contributed by atoms with Crippen molar-refractivity contribution in [3.8, 4) is 0 Å². The molecule has 0 aliphatic rings. The van der Waals surface area contributed by atoms with Crippen LogP contribution in [0.1, 0.15) is 52.4 Å². The van der Waals surface area contributed by atoms with Crippen LogP contribution in [0.5, 0.6) is 0 Å². The maximum Gasteiger partial charge on any atom is 0.306 e. The number of ether oxygens (including phenoxy) is 3. The molecule has 0 spiro atoms. The average Bonchev–Trinajstić information content (AvgIpc) is 2.60. The molecule has 148 valence electrons. The molecule has 0 aromatic carbocycles. The summed E-state index contributed by atoms with van der Waals surface area (Å²) in [6.07, 6.45) is 4.90. The summed E-state index contributed by atoms with van der Waals surface area (Å²) in [6, 6.07) is 0. The number of hydrogen-bond donors (Lipinski definition) is 0. The molecule has 0 aliphatic heterocycles. The van der Waals surface area contributed by atoms with Gasteiger partial charge in [0.15, 0.2) is 0 Å². The number of hydrogen-bond acceptors (Lipinski definition) is 7. The van der Waals surface area contributed by atoms with Gasteiger partial charge < -0.3 is 14.2 Å². The minimum Gasteiger partial charge on any atom is -0.466 e. The second-order valence-electron chi connectivity index (χ2n) is 5.49. The lowest BCUT2D eigenvalue weighted by Gasteiger charge is -2.06. The van der Waals surface area contributed by atoms with E-state index in [0.29, 0.717) is 39.3 Å². The predicted octanol–water partition coefficient (Wildman–Crippen LogP) is 3.94. The van der Waals surface area contributed by atoms with E-state index in [1.807, 2.05) is 0 Å². The summed E-state index contributed by atoms with van der Waals surface area (Å²) in [6.45, 7) is 6.61. The zero-order chi connectivity index (χ0) is 18.6. The molecule has 0 heterocycles. The summed E-state index contributed by atoms with van der Waals surface area (Å²) in [7, 11) is 0. The molecule has 0 N–H and O–H groups in total. The molecule has 0 aromatic rings. The molecule has 0 rings (SSSR count). The zero-order valence-corrected chi connectivity index (χ0v) is 17.4. The first-order valence-electron chi connectivity index (χ1n) is 9.25. The van der Waals surface area contributed by atoms with Crippen LogP contribution in [0.15, 0.2) is 0 Å². The molecule has 0 atom stereocenters. The lowest BCUT2D eigenvalue weighted by Crippen LogP contribution is -2.08. The van der Waals surface area contributed by atoms with E-state index in [2.05, 4.69) is 13.8 Å². The highest BCUT2D eigenvalue weighted by atomic mass is 32.2. The monoisotopic (exact) mass is 394 g/mol. The molecular formula is C18H34O5S2. The Kier molecular flexibility index (Phi) is 19.6. The van der Waals surface area contributed by atoms with Gasteiger partial charge >= 0.3 is 11.9 Å². The normalized spacial score (nSPS) is 10.6. The number of esters is 2. The number of rotatable bonds is 18. The molecule has 5 nitrogen and oxygen atoms in total. The van der Waals surface area contributed by atoms with Crippen LogP contribution >= 0.6 is 23.5 Å². The smallest absolute Gasteiger partial charge is 0.306 e. The summed E-state index contributed by atoms with van der Waals surface area (Å²) < 4.78 is 15.7. The van der Waals surface area contributed by atoms with Gasteiger partial charge in [0, 0.05) is 23.0 Å². The van der Waals surface area contributed by atoms with E-state index < -0.39 is 0 Å². The van der Waals surface area contributed by atoms with Crippen molar-refractivity contribution < 1.29 is 23.8 Å². The third kappa shape index (κ3) is 19.8. The molecule has 0 saturated heterocycles. The van der Waals surface area contributed by atoms with E-state index in [1.165, 1.54) is 0 Å². The van der Waals surface area contributed by atoms with E-state index in [1.54, 1.807) is 23.5 Å². The fourth-order valence-corrected chi connectivity index (χ4v) is 3.16. The fourth-order valence-electron chi connectivity index (χ4n) is 1.66. The Morgan fingerprint density at radius 3 is 1.52 bits per heavy atom. The Balaban J connectivity index is 3.18. The summed E-state index contributed by atoms with van der Waals surface area (Å²) in [5.74, 6) is 3.12. The van der Waals surface area contributed by atoms with Crippen molar-refractivity contribution in [1.29, 1.82) is 0 Å². The second kappa shape index (κ2) is 19.9. The van der Waals surface area contributed by atoms with Gasteiger partial charge in [0.2, 0.25) is 0 Å². The van der Waals surface area contributed by atoms with Crippen LogP contribution in [0.25, 0.3) is 0 Å². The number of carbonyl (C=O) groups is 2. The molecular weight excluding hydrogens is 360 g/mol. The third-order valence-corrected chi connectivity index (χ3v) is 5.06. The highest BCUT2D eigenvalue weighted by Gasteiger charge is 2.03. The Labute approximate surface area is 161 Å². The lowest BCUT2D eigenvalue weighted by molar-refractivity contribution is -0.144. The SMILES string of the molecule is CCCCOC(=O)CCSCCOCCSCCC(=O)OCCCC. The molecule has 0 bridgehead atoms. The first-order chi connectivity index (χ1) is 12.2. The van der Waals surface area contributed by atoms with Gasteiger partial charge in [-0.15, -0.1) is 0 Å². The minimum absolute atomic E-state index is 0.105. The minimum atomic E-state index is -0.105. The van der Waals surface area contributed by atoms with Crippen molar-refractivity contribution in [2.24, 2.45) is 0 Å². The van der Waals surface area contributed by atoms with E-state index in [0.717, 1.165) is 48.7 Å². The predicted molar refractivity (Wildman–Crippen MR) is 106 cm³/mol. The van der Waals surface area contributed by atoms with Gasteiger partial charge in [0.1, 0.15) is 0 Å². The Morgan fingerprint density at radius 1 is 0.680 bits per heavy atom. The van der Waals surface area contributed by atoms with Crippen molar-refractivity contribution in [2.45, 2.75) is 52.4 Å². The Morgan fingerprint density at radius 2 is 1.12 bits per heavy atom.